The minimum atomic E-state index is -0.145. The molecule has 224 valence electrons. The lowest BCUT2D eigenvalue weighted by Gasteiger charge is -2.10. The first-order valence-corrected chi connectivity index (χ1v) is 17.0. The third-order valence-electron chi connectivity index (χ3n) is 7.61. The number of allylic oxidation sites excluding steroid dienone is 5. The van der Waals surface area contributed by atoms with Crippen molar-refractivity contribution in [3.8, 4) is 0 Å². The van der Waals surface area contributed by atoms with Crippen molar-refractivity contribution in [2.45, 2.75) is 193 Å². The van der Waals surface area contributed by atoms with Crippen LogP contribution in [0.25, 0.3) is 0 Å². The molecule has 0 aromatic heterocycles. The van der Waals surface area contributed by atoms with E-state index in [4.69, 9.17) is 0 Å². The van der Waals surface area contributed by atoms with E-state index in [1.54, 1.807) is 0 Å². The number of rotatable bonds is 30. The first-order chi connectivity index (χ1) is 18.7. The van der Waals surface area contributed by atoms with Gasteiger partial charge in [0.25, 0.3) is 0 Å². The summed E-state index contributed by atoms with van der Waals surface area (Å²) in [7, 11) is 0. The summed E-state index contributed by atoms with van der Waals surface area (Å²) in [6.45, 7) is 4.46. The molecule has 2 nitrogen and oxygen atoms in total. The Kier molecular flexibility index (Phi) is 31.6. The summed E-state index contributed by atoms with van der Waals surface area (Å²) in [5, 5.41) is 20.2. The van der Waals surface area contributed by atoms with Crippen molar-refractivity contribution in [3.05, 3.63) is 36.5 Å². The van der Waals surface area contributed by atoms with Gasteiger partial charge in [-0.25, -0.2) is 0 Å². The largest absolute Gasteiger partial charge is 0.393 e. The van der Waals surface area contributed by atoms with E-state index in [0.717, 1.165) is 44.9 Å². The zero-order valence-electron chi connectivity index (χ0n) is 25.9. The standard InChI is InChI=1S/C36H68O2/c1-3-5-7-8-9-10-11-12-13-14-15-16-18-21-25-29-33-36(38)34-30-26-23-20-17-19-22-24-28-32-35(37)31-27-6-4-2/h9-10,12-13,24,28,35-38H,3-8,11,14-23,25-27,29-34H2,1-2H3. The van der Waals surface area contributed by atoms with E-state index in [0.29, 0.717) is 0 Å². The quantitative estimate of drug-likeness (QED) is 0.0713. The molecule has 0 fully saturated rings. The SMILES string of the molecule is CCCCCC=CCC=CCCCCCCCCC(O)CCCCCCCCC=CCC(O)CCCCC. The van der Waals surface area contributed by atoms with Gasteiger partial charge in [-0.2, -0.15) is 0 Å². The van der Waals surface area contributed by atoms with Crippen molar-refractivity contribution in [1.29, 1.82) is 0 Å². The maximum absolute atomic E-state index is 10.2. The Bertz CT molecular complexity index is 521. The number of unbranched alkanes of at least 4 members (excludes halogenated alkanes) is 17. The molecule has 0 aliphatic carbocycles. The van der Waals surface area contributed by atoms with Gasteiger partial charge in [-0.15, -0.1) is 0 Å². The van der Waals surface area contributed by atoms with Gasteiger partial charge in [-0.1, -0.05) is 147 Å². The summed E-state index contributed by atoms with van der Waals surface area (Å²) in [5.41, 5.74) is 0. The summed E-state index contributed by atoms with van der Waals surface area (Å²) >= 11 is 0. The van der Waals surface area contributed by atoms with E-state index in [1.165, 1.54) is 122 Å². The fourth-order valence-corrected chi connectivity index (χ4v) is 4.98. The first-order valence-electron chi connectivity index (χ1n) is 17.0. The molecule has 0 saturated carbocycles. The van der Waals surface area contributed by atoms with Crippen LogP contribution >= 0.6 is 0 Å². The molecule has 0 radical (unpaired) electrons. The van der Waals surface area contributed by atoms with E-state index in [9.17, 15) is 10.2 Å². The summed E-state index contributed by atoms with van der Waals surface area (Å²) in [6.07, 6.45) is 45.0. The lowest BCUT2D eigenvalue weighted by Crippen LogP contribution is -2.05. The number of aliphatic hydroxyl groups is 2. The molecule has 2 heteroatoms. The highest BCUT2D eigenvalue weighted by molar-refractivity contribution is 4.92. The van der Waals surface area contributed by atoms with E-state index < -0.39 is 0 Å². The topological polar surface area (TPSA) is 40.5 Å². The fraction of sp³-hybridized carbons (Fsp3) is 0.833. The van der Waals surface area contributed by atoms with Crippen molar-refractivity contribution >= 4 is 0 Å². The van der Waals surface area contributed by atoms with Crippen LogP contribution in [0.5, 0.6) is 0 Å². The highest BCUT2D eigenvalue weighted by Gasteiger charge is 2.04. The summed E-state index contributed by atoms with van der Waals surface area (Å²) in [6, 6.07) is 0. The Morgan fingerprint density at radius 1 is 0.395 bits per heavy atom. The van der Waals surface area contributed by atoms with Gasteiger partial charge in [0.1, 0.15) is 0 Å². The average Bonchev–Trinajstić information content (AvgIpc) is 2.91. The maximum Gasteiger partial charge on any atom is 0.0574 e. The van der Waals surface area contributed by atoms with Crippen molar-refractivity contribution < 1.29 is 10.2 Å². The second-order valence-corrected chi connectivity index (χ2v) is 11.6. The monoisotopic (exact) mass is 533 g/mol. The van der Waals surface area contributed by atoms with Gasteiger partial charge in [0.15, 0.2) is 0 Å². The molecular formula is C36H68O2. The summed E-state index contributed by atoms with van der Waals surface area (Å²) < 4.78 is 0. The molecule has 0 rings (SSSR count). The smallest absolute Gasteiger partial charge is 0.0574 e. The van der Waals surface area contributed by atoms with Gasteiger partial charge in [-0.05, 0) is 70.6 Å². The Morgan fingerprint density at radius 2 is 0.763 bits per heavy atom. The van der Waals surface area contributed by atoms with E-state index >= 15 is 0 Å². The van der Waals surface area contributed by atoms with Gasteiger partial charge in [0, 0.05) is 0 Å². The zero-order valence-corrected chi connectivity index (χ0v) is 25.9. The van der Waals surface area contributed by atoms with Gasteiger partial charge < -0.3 is 10.2 Å². The minimum Gasteiger partial charge on any atom is -0.393 e. The molecule has 0 aromatic rings. The third kappa shape index (κ3) is 31.4. The first kappa shape index (κ1) is 37.1. The normalized spacial score (nSPS) is 13.9. The summed E-state index contributed by atoms with van der Waals surface area (Å²) in [5.74, 6) is 0. The van der Waals surface area contributed by atoms with Crippen LogP contribution in [-0.4, -0.2) is 22.4 Å². The number of hydrogen-bond acceptors (Lipinski definition) is 2. The Morgan fingerprint density at radius 3 is 1.29 bits per heavy atom. The van der Waals surface area contributed by atoms with Crippen LogP contribution in [0, 0.1) is 0 Å². The van der Waals surface area contributed by atoms with Crippen LogP contribution in [0.15, 0.2) is 36.5 Å². The Labute approximate surface area is 239 Å². The van der Waals surface area contributed by atoms with Crippen LogP contribution in [0.3, 0.4) is 0 Å². The molecule has 2 atom stereocenters. The van der Waals surface area contributed by atoms with Crippen LogP contribution in [0.1, 0.15) is 181 Å². The number of hydrogen-bond donors (Lipinski definition) is 2. The van der Waals surface area contributed by atoms with Crippen LogP contribution in [0.2, 0.25) is 0 Å². The molecule has 0 spiro atoms. The molecule has 0 aromatic carbocycles. The van der Waals surface area contributed by atoms with Crippen LogP contribution in [0.4, 0.5) is 0 Å². The van der Waals surface area contributed by atoms with Crippen LogP contribution in [-0.2, 0) is 0 Å². The Balaban J connectivity index is 3.31. The van der Waals surface area contributed by atoms with Gasteiger partial charge in [0.2, 0.25) is 0 Å². The van der Waals surface area contributed by atoms with Gasteiger partial charge in [0.05, 0.1) is 12.2 Å². The molecule has 38 heavy (non-hydrogen) atoms. The molecule has 0 amide bonds. The molecule has 0 saturated heterocycles. The maximum atomic E-state index is 10.2. The molecular weight excluding hydrogens is 464 g/mol. The Hall–Kier alpha value is -0.860. The van der Waals surface area contributed by atoms with Gasteiger partial charge >= 0.3 is 0 Å². The average molecular weight is 533 g/mol. The fourth-order valence-electron chi connectivity index (χ4n) is 4.98. The van der Waals surface area contributed by atoms with E-state index in [1.807, 2.05) is 0 Å². The highest BCUT2D eigenvalue weighted by Crippen LogP contribution is 2.15. The second kappa shape index (κ2) is 32.4. The van der Waals surface area contributed by atoms with Crippen LogP contribution < -0.4 is 0 Å². The van der Waals surface area contributed by atoms with E-state index in [-0.39, 0.29) is 12.2 Å². The highest BCUT2D eigenvalue weighted by atomic mass is 16.3. The second-order valence-electron chi connectivity index (χ2n) is 11.6. The molecule has 2 unspecified atom stereocenters. The zero-order chi connectivity index (χ0) is 27.8. The molecule has 0 bridgehead atoms. The minimum absolute atomic E-state index is 0.0803. The van der Waals surface area contributed by atoms with Crippen molar-refractivity contribution in [2.24, 2.45) is 0 Å². The molecule has 0 aliphatic rings. The molecule has 2 N–H and O–H groups in total. The van der Waals surface area contributed by atoms with Crippen molar-refractivity contribution in [3.63, 3.8) is 0 Å². The number of aliphatic hydroxyl groups excluding tert-OH is 2. The van der Waals surface area contributed by atoms with Gasteiger partial charge in [-0.3, -0.25) is 0 Å². The van der Waals surface area contributed by atoms with E-state index in [2.05, 4.69) is 50.3 Å². The molecule has 0 aliphatic heterocycles. The predicted octanol–water partition coefficient (Wildman–Crippen LogP) is 11.6. The third-order valence-corrected chi connectivity index (χ3v) is 7.61. The molecule has 0 heterocycles. The summed E-state index contributed by atoms with van der Waals surface area (Å²) in [4.78, 5) is 0. The van der Waals surface area contributed by atoms with Crippen molar-refractivity contribution in [2.75, 3.05) is 0 Å². The lowest BCUT2D eigenvalue weighted by molar-refractivity contribution is 0.147. The lowest BCUT2D eigenvalue weighted by atomic mass is 10.0. The van der Waals surface area contributed by atoms with Crippen molar-refractivity contribution in [1.82, 2.24) is 0 Å². The predicted molar refractivity (Wildman–Crippen MR) is 171 cm³/mol.